The van der Waals surface area contributed by atoms with E-state index in [0.29, 0.717) is 13.0 Å². The van der Waals surface area contributed by atoms with Gasteiger partial charge in [0.25, 0.3) is 0 Å². The van der Waals surface area contributed by atoms with Crippen LogP contribution in [0.4, 0.5) is 0 Å². The summed E-state index contributed by atoms with van der Waals surface area (Å²) >= 11 is 0. The van der Waals surface area contributed by atoms with E-state index in [9.17, 15) is 4.79 Å². The first-order valence-corrected chi connectivity index (χ1v) is 4.59. The van der Waals surface area contributed by atoms with Crippen molar-refractivity contribution in [2.75, 3.05) is 26.9 Å². The summed E-state index contributed by atoms with van der Waals surface area (Å²) < 4.78 is 15.1. The van der Waals surface area contributed by atoms with Gasteiger partial charge < -0.3 is 14.2 Å². The summed E-state index contributed by atoms with van der Waals surface area (Å²) in [4.78, 5) is 10.7. The maximum atomic E-state index is 10.7. The largest absolute Gasteiger partial charge is 0.469 e. The summed E-state index contributed by atoms with van der Waals surface area (Å²) in [5.41, 5.74) is 0. The zero-order chi connectivity index (χ0) is 9.52. The zero-order valence-electron chi connectivity index (χ0n) is 7.95. The lowest BCUT2D eigenvalue weighted by Crippen LogP contribution is -2.24. The lowest BCUT2D eigenvalue weighted by atomic mass is 10.1. The van der Waals surface area contributed by atoms with Crippen molar-refractivity contribution in [2.24, 2.45) is 0 Å². The van der Waals surface area contributed by atoms with Gasteiger partial charge in [-0.1, -0.05) is 0 Å². The van der Waals surface area contributed by atoms with Crippen molar-refractivity contribution in [2.45, 2.75) is 25.4 Å². The molecule has 1 heterocycles. The van der Waals surface area contributed by atoms with Crippen LogP contribution in [0.5, 0.6) is 0 Å². The number of carbonyl (C=O) groups excluding carboxylic acids is 1. The van der Waals surface area contributed by atoms with Crippen LogP contribution in [0.15, 0.2) is 0 Å². The lowest BCUT2D eigenvalue weighted by Gasteiger charge is -2.21. The Balaban J connectivity index is 2.01. The Hall–Kier alpha value is -0.610. The minimum absolute atomic E-state index is 0.216. The molecule has 0 aromatic carbocycles. The van der Waals surface area contributed by atoms with Crippen LogP contribution >= 0.6 is 0 Å². The molecule has 0 aromatic heterocycles. The zero-order valence-corrected chi connectivity index (χ0v) is 7.95. The third-order valence-electron chi connectivity index (χ3n) is 2.06. The van der Waals surface area contributed by atoms with Crippen LogP contribution in [-0.2, 0) is 19.0 Å². The molecule has 0 atom stereocenters. The van der Waals surface area contributed by atoms with Crippen LogP contribution in [0, 0.1) is 0 Å². The maximum absolute atomic E-state index is 10.7. The molecular weight excluding hydrogens is 172 g/mol. The average Bonchev–Trinajstić information content (AvgIpc) is 2.19. The number of esters is 1. The molecule has 1 rings (SSSR count). The molecule has 4 nitrogen and oxygen atoms in total. The molecule has 0 amide bonds. The van der Waals surface area contributed by atoms with Crippen molar-refractivity contribution in [1.82, 2.24) is 0 Å². The van der Waals surface area contributed by atoms with E-state index in [0.717, 1.165) is 26.1 Å². The van der Waals surface area contributed by atoms with E-state index in [1.54, 1.807) is 0 Å². The van der Waals surface area contributed by atoms with Crippen LogP contribution in [0.25, 0.3) is 0 Å². The quantitative estimate of drug-likeness (QED) is 0.610. The van der Waals surface area contributed by atoms with Gasteiger partial charge in [-0.3, -0.25) is 4.79 Å². The summed E-state index contributed by atoms with van der Waals surface area (Å²) in [6.07, 6.45) is 2.47. The van der Waals surface area contributed by atoms with Crippen LogP contribution in [0.3, 0.4) is 0 Å². The Labute approximate surface area is 78.2 Å². The van der Waals surface area contributed by atoms with E-state index in [2.05, 4.69) is 4.74 Å². The monoisotopic (exact) mass is 188 g/mol. The van der Waals surface area contributed by atoms with Gasteiger partial charge in [-0.2, -0.15) is 0 Å². The molecule has 76 valence electrons. The van der Waals surface area contributed by atoms with Crippen LogP contribution in [-0.4, -0.2) is 39.0 Å². The number of rotatable bonds is 4. The molecule has 0 saturated carbocycles. The number of ether oxygens (including phenoxy) is 3. The second kappa shape index (κ2) is 5.94. The van der Waals surface area contributed by atoms with Gasteiger partial charge in [-0.25, -0.2) is 0 Å². The standard InChI is InChI=1S/C9H16O4/c1-11-9(10)4-7-13-8-2-5-12-6-3-8/h8H,2-7H2,1H3. The van der Waals surface area contributed by atoms with Crippen LogP contribution in [0.1, 0.15) is 19.3 Å². The summed E-state index contributed by atoms with van der Waals surface area (Å²) in [5, 5.41) is 0. The molecule has 0 radical (unpaired) electrons. The van der Waals surface area contributed by atoms with Crippen LogP contribution < -0.4 is 0 Å². The van der Waals surface area contributed by atoms with E-state index in [-0.39, 0.29) is 12.1 Å². The highest BCUT2D eigenvalue weighted by Crippen LogP contribution is 2.10. The molecule has 0 aliphatic carbocycles. The molecule has 1 fully saturated rings. The van der Waals surface area contributed by atoms with E-state index in [1.807, 2.05) is 0 Å². The second-order valence-corrected chi connectivity index (χ2v) is 3.01. The second-order valence-electron chi connectivity index (χ2n) is 3.01. The van der Waals surface area contributed by atoms with Crippen molar-refractivity contribution in [3.05, 3.63) is 0 Å². The van der Waals surface area contributed by atoms with Crippen molar-refractivity contribution < 1.29 is 19.0 Å². The number of carbonyl (C=O) groups is 1. The number of methoxy groups -OCH3 is 1. The number of hydrogen-bond acceptors (Lipinski definition) is 4. The Morgan fingerprint density at radius 2 is 2.15 bits per heavy atom. The van der Waals surface area contributed by atoms with Gasteiger partial charge in [0, 0.05) is 13.2 Å². The fourth-order valence-electron chi connectivity index (χ4n) is 1.25. The molecule has 13 heavy (non-hydrogen) atoms. The minimum atomic E-state index is -0.216. The maximum Gasteiger partial charge on any atom is 0.307 e. The van der Waals surface area contributed by atoms with Gasteiger partial charge in [0.1, 0.15) is 0 Å². The smallest absolute Gasteiger partial charge is 0.307 e. The first-order valence-electron chi connectivity index (χ1n) is 4.59. The normalized spacial score (nSPS) is 18.5. The van der Waals surface area contributed by atoms with Gasteiger partial charge in [0.05, 0.1) is 26.2 Å². The van der Waals surface area contributed by atoms with Crippen molar-refractivity contribution in [1.29, 1.82) is 0 Å². The Kier molecular flexibility index (Phi) is 4.78. The fourth-order valence-corrected chi connectivity index (χ4v) is 1.25. The van der Waals surface area contributed by atoms with E-state index >= 15 is 0 Å². The highest BCUT2D eigenvalue weighted by molar-refractivity contribution is 5.69. The molecule has 0 spiro atoms. The van der Waals surface area contributed by atoms with Gasteiger partial charge in [-0.15, -0.1) is 0 Å². The average molecular weight is 188 g/mol. The molecule has 0 N–H and O–H groups in total. The lowest BCUT2D eigenvalue weighted by molar-refractivity contribution is -0.142. The third kappa shape index (κ3) is 4.24. The van der Waals surface area contributed by atoms with Crippen molar-refractivity contribution in [3.63, 3.8) is 0 Å². The predicted octanol–water partition coefficient (Wildman–Crippen LogP) is 0.745. The third-order valence-corrected chi connectivity index (χ3v) is 2.06. The topological polar surface area (TPSA) is 44.8 Å². The molecule has 4 heteroatoms. The summed E-state index contributed by atoms with van der Waals surface area (Å²) in [5.74, 6) is -0.216. The highest BCUT2D eigenvalue weighted by atomic mass is 16.5. The molecule has 1 saturated heterocycles. The first kappa shape index (κ1) is 10.5. The summed E-state index contributed by atoms with van der Waals surface area (Å²) in [6, 6.07) is 0. The van der Waals surface area contributed by atoms with E-state index < -0.39 is 0 Å². The molecule has 1 aliphatic heterocycles. The molecule has 0 aromatic rings. The summed E-state index contributed by atoms with van der Waals surface area (Å²) in [6.45, 7) is 1.99. The van der Waals surface area contributed by atoms with Gasteiger partial charge in [0.15, 0.2) is 0 Å². The summed E-state index contributed by atoms with van der Waals surface area (Å²) in [7, 11) is 1.39. The first-order chi connectivity index (χ1) is 6.33. The molecule has 0 unspecified atom stereocenters. The van der Waals surface area contributed by atoms with Crippen molar-refractivity contribution >= 4 is 5.97 Å². The highest BCUT2D eigenvalue weighted by Gasteiger charge is 2.14. The van der Waals surface area contributed by atoms with Gasteiger partial charge in [-0.05, 0) is 12.8 Å². The van der Waals surface area contributed by atoms with Crippen LogP contribution in [0.2, 0.25) is 0 Å². The predicted molar refractivity (Wildman–Crippen MR) is 46.4 cm³/mol. The van der Waals surface area contributed by atoms with Gasteiger partial charge >= 0.3 is 5.97 Å². The van der Waals surface area contributed by atoms with Gasteiger partial charge in [0.2, 0.25) is 0 Å². The van der Waals surface area contributed by atoms with E-state index in [4.69, 9.17) is 9.47 Å². The molecule has 0 bridgehead atoms. The number of hydrogen-bond donors (Lipinski definition) is 0. The molecule has 1 aliphatic rings. The Bertz CT molecular complexity index is 152. The van der Waals surface area contributed by atoms with E-state index in [1.165, 1.54) is 7.11 Å². The Morgan fingerprint density at radius 1 is 1.46 bits per heavy atom. The molecular formula is C9H16O4. The SMILES string of the molecule is COC(=O)CCOC1CCOCC1. The Morgan fingerprint density at radius 3 is 2.77 bits per heavy atom. The van der Waals surface area contributed by atoms with Crippen molar-refractivity contribution in [3.8, 4) is 0 Å². The fraction of sp³-hybridized carbons (Fsp3) is 0.889. The minimum Gasteiger partial charge on any atom is -0.469 e.